The van der Waals surface area contributed by atoms with Crippen LogP contribution in [0.15, 0.2) is 133 Å². The van der Waals surface area contributed by atoms with Crippen LogP contribution < -0.4 is 5.46 Å². The molecule has 2 aromatic heterocycles. The summed E-state index contributed by atoms with van der Waals surface area (Å²) in [7, 11) is -0.256. The second-order valence-electron chi connectivity index (χ2n) is 30.3. The molecule has 1 saturated heterocycles. The Morgan fingerprint density at radius 3 is 1.19 bits per heavy atom. The normalized spacial score (nSPS) is 13.1. The van der Waals surface area contributed by atoms with E-state index in [1.807, 2.05) is 6.07 Å². The first-order valence-electron chi connectivity index (χ1n) is 35.4. The quantitative estimate of drug-likeness (QED) is 0.0752. The molecule has 0 aliphatic carbocycles. The Bertz CT molecular complexity index is 4110. The molecule has 99 heavy (non-hydrogen) atoms. The summed E-state index contributed by atoms with van der Waals surface area (Å²) in [6, 6.07) is 51.7. The van der Waals surface area contributed by atoms with Gasteiger partial charge in [0.2, 0.25) is 0 Å². The van der Waals surface area contributed by atoms with Gasteiger partial charge in [0.25, 0.3) is 0 Å². The fourth-order valence-corrected chi connectivity index (χ4v) is 12.9. The van der Waals surface area contributed by atoms with Gasteiger partial charge in [0.1, 0.15) is 11.6 Å². The van der Waals surface area contributed by atoms with Crippen molar-refractivity contribution in [2.24, 2.45) is 0 Å². The van der Waals surface area contributed by atoms with Crippen LogP contribution in [0.4, 0.5) is 0 Å². The number of benzene rings is 8. The minimum Gasteiger partial charge on any atom is -0.399 e. The van der Waals surface area contributed by atoms with Gasteiger partial charge in [-0.25, -0.2) is 0 Å². The summed E-state index contributed by atoms with van der Waals surface area (Å²) in [4.78, 5) is 0. The zero-order valence-electron chi connectivity index (χ0n) is 64.4. The van der Waals surface area contributed by atoms with Gasteiger partial charge in [0.05, 0.1) is 22.7 Å². The smallest absolute Gasteiger partial charge is 0.399 e. The first-order chi connectivity index (χ1) is 45.6. The van der Waals surface area contributed by atoms with Crippen molar-refractivity contribution >= 4 is 12.6 Å². The molecule has 0 bridgehead atoms. The van der Waals surface area contributed by atoms with Crippen molar-refractivity contribution in [1.29, 1.82) is 0 Å². The van der Waals surface area contributed by atoms with Crippen LogP contribution in [0.2, 0.25) is 0 Å². The molecule has 1 radical (unpaired) electrons. The van der Waals surface area contributed by atoms with Crippen LogP contribution in [0.1, 0.15) is 216 Å². The predicted molar refractivity (Wildman–Crippen MR) is 420 cm³/mol. The Morgan fingerprint density at radius 2 is 0.778 bits per heavy atom. The van der Waals surface area contributed by atoms with Crippen LogP contribution in [0.25, 0.3) is 56.4 Å². The summed E-state index contributed by atoms with van der Waals surface area (Å²) < 4.78 is 16.7. The van der Waals surface area contributed by atoms with E-state index in [1.54, 1.807) is 0 Å². The predicted octanol–water partition coefficient (Wildman–Crippen LogP) is 23.2. The molecule has 0 atom stereocenters. The molecular formula is C89H116BIrN6O2-. The van der Waals surface area contributed by atoms with E-state index in [9.17, 15) is 0 Å². The maximum atomic E-state index is 6.08. The number of hydrogen-bond donors (Lipinski definition) is 0. The van der Waals surface area contributed by atoms with Crippen molar-refractivity contribution in [3.63, 3.8) is 0 Å². The summed E-state index contributed by atoms with van der Waals surface area (Å²) in [5.41, 5.74) is 30.6. The van der Waals surface area contributed by atoms with Crippen LogP contribution >= 0.6 is 0 Å². The SMILES string of the molecule is C.CCCCC(C)(C)c1nnc(-c2[c-]ccc(-c3cc(C)c(C)c(C)c3)c2)n1-c1ccc(C)cc1C.CCCCC(C)(C)c1nnc(-c2cccc(-c3cc(C)c(C)c(C)c3)c2)n1-c1ccc(C)cc1C.Cc1cc(B2OC(C)(C)C(C)(C)O2)cc(C)c1C.Cc1cccc(C)c1C.[Ir]. The standard InChI is InChI=1S/C32H39N3.C32H38N3.C15H23BO2.C9H12.CH4.Ir/c2*1-9-10-16-32(7,8)31-34-33-30(35(31)29-15-14-21(2)17-24(29)5)27-13-11-12-26(20-27)28-18-22(3)25(6)23(4)19-28;1-10-8-13(9-11(2)12(10)3)16-17-14(4,5)15(6,7)18-16;1-7-5-4-6-8(2)9(7)3;;/h11-15,17-20H,9-10,16H2,1-8H3;11-12,14-15,17-20H,9-10,16H2,1-8H3;8-9H,1-7H3;4-6H,1-3H3;1H4;/q;-1;;;;. The molecule has 0 amide bonds. The van der Waals surface area contributed by atoms with Crippen LogP contribution in [0.3, 0.4) is 0 Å². The maximum absolute atomic E-state index is 6.08. The third-order valence-electron chi connectivity index (χ3n) is 21.1. The van der Waals surface area contributed by atoms with Gasteiger partial charge in [0.15, 0.2) is 5.82 Å². The third-order valence-corrected chi connectivity index (χ3v) is 21.1. The zero-order chi connectivity index (χ0) is 71.2. The number of unbranched alkanes of at least 4 members (excludes halogenated alkanes) is 2. The molecule has 10 aromatic rings. The molecule has 3 heterocycles. The first kappa shape index (κ1) is 80.6. The van der Waals surface area contributed by atoms with Crippen molar-refractivity contribution in [2.45, 2.75) is 248 Å². The van der Waals surface area contributed by atoms with Crippen LogP contribution in [-0.2, 0) is 40.2 Å². The molecule has 8 nitrogen and oxygen atoms in total. The summed E-state index contributed by atoms with van der Waals surface area (Å²) in [6.07, 6.45) is 6.82. The zero-order valence-corrected chi connectivity index (χ0v) is 66.7. The molecule has 0 spiro atoms. The Labute approximate surface area is 612 Å². The third kappa shape index (κ3) is 18.6. The fourth-order valence-electron chi connectivity index (χ4n) is 12.9. The molecule has 1 aliphatic rings. The van der Waals surface area contributed by atoms with Crippen LogP contribution in [0, 0.1) is 117 Å². The number of aryl methyl sites for hydroxylation is 12. The van der Waals surface area contributed by atoms with Crippen molar-refractivity contribution in [1.82, 2.24) is 29.5 Å². The van der Waals surface area contributed by atoms with E-state index in [-0.39, 0.29) is 56.7 Å². The van der Waals surface area contributed by atoms with Crippen molar-refractivity contribution < 1.29 is 29.4 Å². The average Bonchev–Trinajstić information content (AvgIpc) is 1.66. The number of nitrogens with zero attached hydrogens (tertiary/aromatic N) is 6. The minimum absolute atomic E-state index is 0. The van der Waals surface area contributed by atoms with E-state index in [4.69, 9.17) is 29.7 Å². The molecule has 11 rings (SSSR count). The van der Waals surface area contributed by atoms with E-state index >= 15 is 0 Å². The maximum Gasteiger partial charge on any atom is 0.494 e. The minimum atomic E-state index is -0.273. The molecular weight excluding hydrogens is 1390 g/mol. The number of aromatic nitrogens is 6. The topological polar surface area (TPSA) is 79.9 Å². The van der Waals surface area contributed by atoms with Crippen molar-refractivity contribution in [3.05, 3.63) is 240 Å². The van der Waals surface area contributed by atoms with Gasteiger partial charge < -0.3 is 13.9 Å². The second kappa shape index (κ2) is 33.4. The fraction of sp³-hybridized carbons (Fsp3) is 0.416. The van der Waals surface area contributed by atoms with Gasteiger partial charge in [-0.3, -0.25) is 4.57 Å². The van der Waals surface area contributed by atoms with Crippen molar-refractivity contribution in [3.8, 4) is 56.4 Å². The number of rotatable bonds is 15. The summed E-state index contributed by atoms with van der Waals surface area (Å²) >= 11 is 0. The molecule has 0 unspecified atom stereocenters. The Hall–Kier alpha value is -7.33. The second-order valence-corrected chi connectivity index (χ2v) is 30.3. The van der Waals surface area contributed by atoms with Crippen LogP contribution in [-0.4, -0.2) is 47.8 Å². The van der Waals surface area contributed by atoms with Gasteiger partial charge in [-0.2, -0.15) is 5.10 Å². The summed E-state index contributed by atoms with van der Waals surface area (Å²) in [5, 5.41) is 19.2. The Balaban J connectivity index is 0.000000226. The average molecular weight is 1500 g/mol. The van der Waals surface area contributed by atoms with Gasteiger partial charge in [-0.1, -0.05) is 183 Å². The van der Waals surface area contributed by atoms with E-state index in [0.717, 1.165) is 70.5 Å². The van der Waals surface area contributed by atoms with E-state index in [2.05, 4.69) is 323 Å². The molecule has 1 fully saturated rings. The van der Waals surface area contributed by atoms with Crippen molar-refractivity contribution in [2.75, 3.05) is 0 Å². The summed E-state index contributed by atoms with van der Waals surface area (Å²) in [6.45, 7) is 56.6. The van der Waals surface area contributed by atoms with E-state index in [1.165, 1.54) is 131 Å². The molecule has 10 heteroatoms. The molecule has 1 aliphatic heterocycles. The van der Waals surface area contributed by atoms with Crippen LogP contribution in [0.5, 0.6) is 0 Å². The van der Waals surface area contributed by atoms with Gasteiger partial charge in [-0.05, 0) is 270 Å². The van der Waals surface area contributed by atoms with E-state index < -0.39 is 0 Å². The molecule has 527 valence electrons. The number of hydrogen-bond acceptors (Lipinski definition) is 6. The van der Waals surface area contributed by atoms with Gasteiger partial charge in [0, 0.05) is 42.2 Å². The monoisotopic (exact) mass is 1500 g/mol. The largest absolute Gasteiger partial charge is 0.494 e. The molecule has 0 saturated carbocycles. The Morgan fingerprint density at radius 1 is 0.404 bits per heavy atom. The van der Waals surface area contributed by atoms with Gasteiger partial charge in [-0.15, -0.1) is 50.7 Å². The van der Waals surface area contributed by atoms with E-state index in [0.29, 0.717) is 0 Å². The van der Waals surface area contributed by atoms with Gasteiger partial charge >= 0.3 is 7.12 Å². The molecule has 8 aromatic carbocycles. The first-order valence-corrected chi connectivity index (χ1v) is 35.4. The summed E-state index contributed by atoms with van der Waals surface area (Å²) in [5.74, 6) is 3.78. The Kier molecular flexibility index (Phi) is 27.2. The molecule has 0 N–H and O–H groups in total.